The largest absolute Gasteiger partial charge is 0.257 e. The van der Waals surface area contributed by atoms with Crippen LogP contribution in [0.3, 0.4) is 0 Å². The molecular formula is C16H22FN. The number of hydrogen-bond donors (Lipinski definition) is 0. The van der Waals surface area contributed by atoms with Crippen molar-refractivity contribution in [3.05, 3.63) is 29.1 Å². The van der Waals surface area contributed by atoms with Crippen LogP contribution in [0.25, 0.3) is 0 Å². The molecule has 2 heteroatoms. The second kappa shape index (κ2) is 3.91. The lowest BCUT2D eigenvalue weighted by molar-refractivity contribution is 0.522. The first-order valence-electron chi connectivity index (χ1n) is 6.50. The summed E-state index contributed by atoms with van der Waals surface area (Å²) in [4.78, 5) is 4.69. The second-order valence-electron chi connectivity index (χ2n) is 7.20. The predicted octanol–water partition coefficient (Wildman–Crippen LogP) is 4.80. The van der Waals surface area contributed by atoms with Crippen molar-refractivity contribution >= 4 is 11.4 Å². The van der Waals surface area contributed by atoms with E-state index < -0.39 is 0 Å². The average molecular weight is 247 g/mol. The first-order chi connectivity index (χ1) is 8.09. The van der Waals surface area contributed by atoms with Gasteiger partial charge in [-0.05, 0) is 28.7 Å². The Bertz CT molecular complexity index is 513. The third-order valence-electron chi connectivity index (χ3n) is 3.46. The van der Waals surface area contributed by atoms with Crippen LogP contribution in [0.15, 0.2) is 17.1 Å². The maximum Gasteiger partial charge on any atom is 0.127 e. The number of benzene rings is 1. The zero-order chi connectivity index (χ0) is 13.7. The zero-order valence-corrected chi connectivity index (χ0v) is 12.2. The highest BCUT2D eigenvalue weighted by Gasteiger charge is 2.28. The fraction of sp³-hybridized carbons (Fsp3) is 0.562. The van der Waals surface area contributed by atoms with Gasteiger partial charge in [0, 0.05) is 17.5 Å². The van der Waals surface area contributed by atoms with Crippen molar-refractivity contribution in [3.63, 3.8) is 0 Å². The molecule has 1 aromatic carbocycles. The summed E-state index contributed by atoms with van der Waals surface area (Å²) in [5.74, 6) is -0.105. The molecule has 1 aromatic rings. The van der Waals surface area contributed by atoms with Gasteiger partial charge >= 0.3 is 0 Å². The molecule has 0 atom stereocenters. The highest BCUT2D eigenvalue weighted by molar-refractivity contribution is 5.97. The van der Waals surface area contributed by atoms with E-state index in [1.807, 2.05) is 26.8 Å². The first-order valence-corrected chi connectivity index (χ1v) is 6.50. The molecule has 18 heavy (non-hydrogen) atoms. The molecule has 1 heterocycles. The number of halogens is 1. The minimum absolute atomic E-state index is 0.0530. The van der Waals surface area contributed by atoms with Crippen molar-refractivity contribution in [1.29, 1.82) is 0 Å². The lowest BCUT2D eigenvalue weighted by Crippen LogP contribution is -2.19. The molecule has 0 saturated carbocycles. The Labute approximate surface area is 109 Å². The van der Waals surface area contributed by atoms with Crippen LogP contribution < -0.4 is 0 Å². The summed E-state index contributed by atoms with van der Waals surface area (Å²) in [5.41, 5.74) is 3.73. The van der Waals surface area contributed by atoms with Gasteiger partial charge in [0.05, 0.1) is 5.69 Å². The lowest BCUT2D eigenvalue weighted by atomic mass is 9.84. The fourth-order valence-electron chi connectivity index (χ4n) is 2.22. The number of nitrogens with zero attached hydrogens (tertiary/aromatic N) is 1. The molecular weight excluding hydrogens is 225 g/mol. The summed E-state index contributed by atoms with van der Waals surface area (Å²) in [5, 5.41) is 0. The summed E-state index contributed by atoms with van der Waals surface area (Å²) in [6, 6.07) is 3.58. The van der Waals surface area contributed by atoms with Crippen LogP contribution in [0.1, 0.15) is 52.7 Å². The van der Waals surface area contributed by atoms with Gasteiger partial charge in [-0.2, -0.15) is 0 Å². The molecule has 0 bridgehead atoms. The molecule has 0 amide bonds. The Balaban J connectivity index is 2.49. The van der Waals surface area contributed by atoms with Gasteiger partial charge in [-0.1, -0.05) is 41.5 Å². The zero-order valence-electron chi connectivity index (χ0n) is 12.2. The Morgan fingerprint density at radius 2 is 1.61 bits per heavy atom. The normalized spacial score (nSPS) is 15.6. The van der Waals surface area contributed by atoms with Crippen LogP contribution in [-0.2, 0) is 11.8 Å². The molecule has 0 aliphatic carbocycles. The maximum atomic E-state index is 14.1. The highest BCUT2D eigenvalue weighted by atomic mass is 19.1. The number of hydrogen-bond acceptors (Lipinski definition) is 1. The summed E-state index contributed by atoms with van der Waals surface area (Å²) < 4.78 is 14.1. The molecule has 1 aliphatic heterocycles. The molecule has 0 spiro atoms. The van der Waals surface area contributed by atoms with Crippen LogP contribution >= 0.6 is 0 Å². The highest BCUT2D eigenvalue weighted by Crippen LogP contribution is 2.37. The van der Waals surface area contributed by atoms with E-state index in [1.54, 1.807) is 6.07 Å². The Kier molecular flexibility index (Phi) is 2.88. The molecule has 0 unspecified atom stereocenters. The van der Waals surface area contributed by atoms with Crippen LogP contribution in [0.2, 0.25) is 0 Å². The van der Waals surface area contributed by atoms with Crippen LogP contribution in [-0.4, -0.2) is 5.71 Å². The minimum Gasteiger partial charge on any atom is -0.257 e. The summed E-state index contributed by atoms with van der Waals surface area (Å²) >= 11 is 0. The van der Waals surface area contributed by atoms with E-state index in [1.165, 1.54) is 0 Å². The van der Waals surface area contributed by atoms with Crippen molar-refractivity contribution in [2.45, 2.75) is 53.4 Å². The summed E-state index contributed by atoms with van der Waals surface area (Å²) in [6.07, 6.45) is 0.778. The Hall–Kier alpha value is -1.18. The van der Waals surface area contributed by atoms with E-state index in [9.17, 15) is 4.39 Å². The minimum atomic E-state index is -0.181. The molecule has 1 aliphatic rings. The standard InChI is InChI=1S/C16H22FN/c1-15(2,3)11-9-13-10(7-12(11)17)8-14(18-13)16(4,5)6/h7,9H,8H2,1-6H3. The quantitative estimate of drug-likeness (QED) is 0.624. The predicted molar refractivity (Wildman–Crippen MR) is 75.4 cm³/mol. The topological polar surface area (TPSA) is 12.4 Å². The molecule has 0 saturated heterocycles. The summed E-state index contributed by atoms with van der Waals surface area (Å²) in [6.45, 7) is 12.5. The molecule has 0 aromatic heterocycles. The third-order valence-corrected chi connectivity index (χ3v) is 3.46. The van der Waals surface area contributed by atoms with Crippen molar-refractivity contribution in [2.24, 2.45) is 10.4 Å². The number of fused-ring (bicyclic) bond motifs is 1. The van der Waals surface area contributed by atoms with E-state index in [0.717, 1.165) is 28.9 Å². The molecule has 1 nitrogen and oxygen atoms in total. The fourth-order valence-corrected chi connectivity index (χ4v) is 2.22. The second-order valence-corrected chi connectivity index (χ2v) is 7.20. The van der Waals surface area contributed by atoms with Gasteiger partial charge in [0.25, 0.3) is 0 Å². The van der Waals surface area contributed by atoms with Gasteiger partial charge < -0.3 is 0 Å². The molecule has 0 fully saturated rings. The van der Waals surface area contributed by atoms with E-state index in [4.69, 9.17) is 0 Å². The van der Waals surface area contributed by atoms with E-state index in [2.05, 4.69) is 25.8 Å². The van der Waals surface area contributed by atoms with Gasteiger partial charge in [0.15, 0.2) is 0 Å². The van der Waals surface area contributed by atoms with Gasteiger partial charge in [0.2, 0.25) is 0 Å². The Morgan fingerprint density at radius 3 is 2.11 bits per heavy atom. The average Bonchev–Trinajstić information content (AvgIpc) is 2.56. The first kappa shape index (κ1) is 13.3. The van der Waals surface area contributed by atoms with Crippen molar-refractivity contribution in [3.8, 4) is 0 Å². The molecule has 0 N–H and O–H groups in total. The van der Waals surface area contributed by atoms with Crippen molar-refractivity contribution in [1.82, 2.24) is 0 Å². The lowest BCUT2D eigenvalue weighted by Gasteiger charge is -2.20. The van der Waals surface area contributed by atoms with Gasteiger partial charge in [-0.15, -0.1) is 0 Å². The van der Waals surface area contributed by atoms with Crippen molar-refractivity contribution in [2.75, 3.05) is 0 Å². The third kappa shape index (κ3) is 2.33. The number of rotatable bonds is 0. The van der Waals surface area contributed by atoms with Gasteiger partial charge in [-0.25, -0.2) is 4.39 Å². The SMILES string of the molecule is CC(C)(C)C1=Nc2cc(C(C)(C)C)c(F)cc2C1. The van der Waals surface area contributed by atoms with Crippen LogP contribution in [0, 0.1) is 11.2 Å². The van der Waals surface area contributed by atoms with Gasteiger partial charge in [-0.3, -0.25) is 4.99 Å². The molecule has 98 valence electrons. The molecule has 2 rings (SSSR count). The van der Waals surface area contributed by atoms with E-state index in [0.29, 0.717) is 0 Å². The summed E-state index contributed by atoms with van der Waals surface area (Å²) in [7, 11) is 0. The van der Waals surface area contributed by atoms with E-state index in [-0.39, 0.29) is 16.6 Å². The maximum absolute atomic E-state index is 14.1. The monoisotopic (exact) mass is 247 g/mol. The van der Waals surface area contributed by atoms with E-state index >= 15 is 0 Å². The van der Waals surface area contributed by atoms with Crippen LogP contribution in [0.4, 0.5) is 10.1 Å². The number of aliphatic imine (C=N–C) groups is 1. The Morgan fingerprint density at radius 1 is 1.00 bits per heavy atom. The molecule has 0 radical (unpaired) electrons. The van der Waals surface area contributed by atoms with Crippen LogP contribution in [0.5, 0.6) is 0 Å². The van der Waals surface area contributed by atoms with Crippen molar-refractivity contribution < 1.29 is 4.39 Å². The van der Waals surface area contributed by atoms with Gasteiger partial charge in [0.1, 0.15) is 5.82 Å². The smallest absolute Gasteiger partial charge is 0.127 e.